The fourth-order valence-corrected chi connectivity index (χ4v) is 3.63. The molecule has 2 aromatic rings. The number of aryl methyl sites for hydroxylation is 2. The van der Waals surface area contributed by atoms with Gasteiger partial charge in [-0.15, -0.1) is 0 Å². The molecule has 2 aromatic carbocycles. The van der Waals surface area contributed by atoms with E-state index in [2.05, 4.69) is 48.3 Å². The Balaban J connectivity index is 1.61. The fourth-order valence-electron chi connectivity index (χ4n) is 3.63. The van der Waals surface area contributed by atoms with Crippen LogP contribution in [0.2, 0.25) is 0 Å². The predicted octanol–water partition coefficient (Wildman–Crippen LogP) is 2.92. The average Bonchev–Trinajstić information content (AvgIpc) is 3.01. The zero-order valence-corrected chi connectivity index (χ0v) is 15.0. The average molecular weight is 337 g/mol. The predicted molar refractivity (Wildman–Crippen MR) is 103 cm³/mol. The number of nitrogens with zero attached hydrogens (tertiary/aromatic N) is 1. The summed E-state index contributed by atoms with van der Waals surface area (Å²) in [6, 6.07) is 16.5. The standard InChI is InChI=1S/C21H27N3O/c1-15-8-9-19(10-16(15)2)23-21(25)14-24-12-18(11-22)20(13-24)17-6-4-3-5-7-17/h3-10,18,20H,11-14,22H2,1-2H3,(H,23,25)/t18-,20+/m1/s1. The summed E-state index contributed by atoms with van der Waals surface area (Å²) >= 11 is 0. The maximum absolute atomic E-state index is 12.4. The fraction of sp³-hybridized carbons (Fsp3) is 0.381. The van der Waals surface area contributed by atoms with E-state index in [4.69, 9.17) is 5.73 Å². The summed E-state index contributed by atoms with van der Waals surface area (Å²) in [5.74, 6) is 0.838. The van der Waals surface area contributed by atoms with Crippen LogP contribution in [-0.4, -0.2) is 37.0 Å². The van der Waals surface area contributed by atoms with Crippen molar-refractivity contribution in [3.05, 3.63) is 65.2 Å². The van der Waals surface area contributed by atoms with Crippen molar-refractivity contribution < 1.29 is 4.79 Å². The number of benzene rings is 2. The van der Waals surface area contributed by atoms with Crippen LogP contribution >= 0.6 is 0 Å². The second-order valence-electron chi connectivity index (χ2n) is 7.05. The quantitative estimate of drug-likeness (QED) is 0.882. The zero-order valence-electron chi connectivity index (χ0n) is 15.0. The first-order valence-electron chi connectivity index (χ1n) is 8.91. The molecule has 0 saturated carbocycles. The van der Waals surface area contributed by atoms with Gasteiger partial charge < -0.3 is 11.1 Å². The first kappa shape index (κ1) is 17.6. The van der Waals surface area contributed by atoms with Gasteiger partial charge in [-0.05, 0) is 55.1 Å². The zero-order chi connectivity index (χ0) is 17.8. The highest BCUT2D eigenvalue weighted by molar-refractivity contribution is 5.92. The van der Waals surface area contributed by atoms with Crippen LogP contribution in [-0.2, 0) is 4.79 Å². The van der Waals surface area contributed by atoms with Crippen molar-refractivity contribution >= 4 is 11.6 Å². The molecule has 0 aromatic heterocycles. The van der Waals surface area contributed by atoms with Gasteiger partial charge in [0, 0.05) is 24.7 Å². The number of amides is 1. The smallest absolute Gasteiger partial charge is 0.238 e. The third-order valence-electron chi connectivity index (χ3n) is 5.20. The van der Waals surface area contributed by atoms with Crippen LogP contribution in [0.15, 0.2) is 48.5 Å². The second kappa shape index (κ2) is 7.81. The molecule has 4 nitrogen and oxygen atoms in total. The highest BCUT2D eigenvalue weighted by atomic mass is 16.2. The van der Waals surface area contributed by atoms with Gasteiger partial charge in [-0.3, -0.25) is 9.69 Å². The molecule has 1 fully saturated rings. The summed E-state index contributed by atoms with van der Waals surface area (Å²) in [4.78, 5) is 14.6. The van der Waals surface area contributed by atoms with Gasteiger partial charge in [-0.25, -0.2) is 0 Å². The lowest BCUT2D eigenvalue weighted by Gasteiger charge is -2.17. The van der Waals surface area contributed by atoms with E-state index in [1.807, 2.05) is 24.3 Å². The molecule has 3 N–H and O–H groups in total. The van der Waals surface area contributed by atoms with E-state index in [9.17, 15) is 4.79 Å². The number of nitrogens with one attached hydrogen (secondary N) is 1. The molecular weight excluding hydrogens is 310 g/mol. The van der Waals surface area contributed by atoms with Crippen LogP contribution in [0.5, 0.6) is 0 Å². The minimum absolute atomic E-state index is 0.0349. The molecular formula is C21H27N3O. The highest BCUT2D eigenvalue weighted by Crippen LogP contribution is 2.31. The minimum atomic E-state index is 0.0349. The summed E-state index contributed by atoms with van der Waals surface area (Å²) in [6.07, 6.45) is 0. The molecule has 1 aliphatic rings. The Morgan fingerprint density at radius 2 is 1.88 bits per heavy atom. The van der Waals surface area contributed by atoms with E-state index in [0.717, 1.165) is 18.8 Å². The highest BCUT2D eigenvalue weighted by Gasteiger charge is 2.33. The van der Waals surface area contributed by atoms with Crippen LogP contribution in [0.1, 0.15) is 22.6 Å². The summed E-state index contributed by atoms with van der Waals surface area (Å²) in [5, 5.41) is 3.01. The van der Waals surface area contributed by atoms with Gasteiger partial charge >= 0.3 is 0 Å². The molecule has 132 valence electrons. The first-order valence-corrected chi connectivity index (χ1v) is 8.91. The van der Waals surface area contributed by atoms with Crippen LogP contribution in [0, 0.1) is 19.8 Å². The van der Waals surface area contributed by atoms with Crippen molar-refractivity contribution in [1.29, 1.82) is 0 Å². The minimum Gasteiger partial charge on any atom is -0.330 e. The van der Waals surface area contributed by atoms with Crippen LogP contribution < -0.4 is 11.1 Å². The van der Waals surface area contributed by atoms with Crippen LogP contribution in [0.25, 0.3) is 0 Å². The topological polar surface area (TPSA) is 58.4 Å². The van der Waals surface area contributed by atoms with Crippen LogP contribution in [0.4, 0.5) is 5.69 Å². The first-order chi connectivity index (χ1) is 12.1. The second-order valence-corrected chi connectivity index (χ2v) is 7.05. The van der Waals surface area contributed by atoms with Crippen LogP contribution in [0.3, 0.4) is 0 Å². The van der Waals surface area contributed by atoms with E-state index in [-0.39, 0.29) is 5.91 Å². The third-order valence-corrected chi connectivity index (χ3v) is 5.20. The van der Waals surface area contributed by atoms with Crippen molar-refractivity contribution in [2.24, 2.45) is 11.7 Å². The van der Waals surface area contributed by atoms with E-state index >= 15 is 0 Å². The lowest BCUT2D eigenvalue weighted by molar-refractivity contribution is -0.117. The van der Waals surface area contributed by atoms with E-state index in [1.54, 1.807) is 0 Å². The van der Waals surface area contributed by atoms with Gasteiger partial charge in [0.25, 0.3) is 0 Å². The molecule has 1 amide bonds. The monoisotopic (exact) mass is 337 g/mol. The molecule has 3 rings (SSSR count). The Morgan fingerprint density at radius 3 is 2.56 bits per heavy atom. The Morgan fingerprint density at radius 1 is 1.12 bits per heavy atom. The lowest BCUT2D eigenvalue weighted by Crippen LogP contribution is -2.32. The number of anilines is 1. The van der Waals surface area contributed by atoms with Gasteiger partial charge in [0.15, 0.2) is 0 Å². The maximum Gasteiger partial charge on any atom is 0.238 e. The molecule has 2 atom stereocenters. The molecule has 1 saturated heterocycles. The summed E-state index contributed by atoms with van der Waals surface area (Å²) in [5.41, 5.74) is 10.6. The molecule has 25 heavy (non-hydrogen) atoms. The number of hydrogen-bond acceptors (Lipinski definition) is 3. The van der Waals surface area contributed by atoms with Gasteiger partial charge in [0.05, 0.1) is 6.54 Å². The summed E-state index contributed by atoms with van der Waals surface area (Å²) in [6.45, 7) is 6.94. The Labute approximate surface area is 150 Å². The van der Waals surface area contributed by atoms with E-state index < -0.39 is 0 Å². The van der Waals surface area contributed by atoms with Crippen molar-refractivity contribution in [2.45, 2.75) is 19.8 Å². The molecule has 1 heterocycles. The number of rotatable bonds is 5. The Kier molecular flexibility index (Phi) is 5.51. The van der Waals surface area contributed by atoms with Gasteiger partial charge in [-0.1, -0.05) is 36.4 Å². The number of likely N-dealkylation sites (tertiary alicyclic amines) is 1. The SMILES string of the molecule is Cc1ccc(NC(=O)CN2C[C@@H](CN)[C@H](c3ccccc3)C2)cc1C. The molecule has 0 spiro atoms. The number of nitrogens with two attached hydrogens (primary N) is 1. The Hall–Kier alpha value is -2.17. The molecule has 1 aliphatic heterocycles. The van der Waals surface area contributed by atoms with E-state index in [1.165, 1.54) is 16.7 Å². The van der Waals surface area contributed by atoms with Crippen molar-refractivity contribution in [1.82, 2.24) is 4.90 Å². The summed E-state index contributed by atoms with van der Waals surface area (Å²) in [7, 11) is 0. The molecule has 4 heteroatoms. The molecule has 0 unspecified atom stereocenters. The van der Waals surface area contributed by atoms with E-state index in [0.29, 0.717) is 24.9 Å². The normalized spacial score (nSPS) is 20.6. The van der Waals surface area contributed by atoms with Gasteiger partial charge in [-0.2, -0.15) is 0 Å². The third kappa shape index (κ3) is 4.27. The van der Waals surface area contributed by atoms with Crippen molar-refractivity contribution in [3.8, 4) is 0 Å². The lowest BCUT2D eigenvalue weighted by atomic mass is 9.89. The molecule has 0 aliphatic carbocycles. The maximum atomic E-state index is 12.4. The number of carbonyl (C=O) groups excluding carboxylic acids is 1. The number of carbonyl (C=O) groups is 1. The molecule has 0 bridgehead atoms. The summed E-state index contributed by atoms with van der Waals surface area (Å²) < 4.78 is 0. The Bertz CT molecular complexity index is 729. The van der Waals surface area contributed by atoms with Crippen molar-refractivity contribution in [3.63, 3.8) is 0 Å². The van der Waals surface area contributed by atoms with Gasteiger partial charge in [0.2, 0.25) is 5.91 Å². The largest absolute Gasteiger partial charge is 0.330 e. The number of hydrogen-bond donors (Lipinski definition) is 2. The molecule has 0 radical (unpaired) electrons. The van der Waals surface area contributed by atoms with Crippen molar-refractivity contribution in [2.75, 3.05) is 31.5 Å². The van der Waals surface area contributed by atoms with Gasteiger partial charge in [0.1, 0.15) is 0 Å².